The molecule has 0 spiro atoms. The van der Waals surface area contributed by atoms with Crippen LogP contribution in [0.25, 0.3) is 0 Å². The number of carbonyl (C=O) groups is 2. The van der Waals surface area contributed by atoms with Crippen molar-refractivity contribution in [1.29, 1.82) is 0 Å². The van der Waals surface area contributed by atoms with Crippen LogP contribution in [-0.4, -0.2) is 28.3 Å². The van der Waals surface area contributed by atoms with Crippen LogP contribution in [0, 0.1) is 5.41 Å². The summed E-state index contributed by atoms with van der Waals surface area (Å²) in [4.78, 5) is 32.2. The van der Waals surface area contributed by atoms with E-state index in [1.165, 1.54) is 12.3 Å². The lowest BCUT2D eigenvalue weighted by Gasteiger charge is -2.16. The van der Waals surface area contributed by atoms with Gasteiger partial charge in [0.2, 0.25) is 11.8 Å². The fourth-order valence-electron chi connectivity index (χ4n) is 3.00. The van der Waals surface area contributed by atoms with Gasteiger partial charge in [-0.25, -0.2) is 9.97 Å². The summed E-state index contributed by atoms with van der Waals surface area (Å²) in [5, 5.41) is 2.42. The zero-order chi connectivity index (χ0) is 22.6. The molecule has 1 aliphatic rings. The molecule has 3 rings (SSSR count). The first-order valence-corrected chi connectivity index (χ1v) is 10.1. The van der Waals surface area contributed by atoms with Gasteiger partial charge in [0, 0.05) is 36.2 Å². The van der Waals surface area contributed by atoms with Crippen molar-refractivity contribution in [3.05, 3.63) is 46.7 Å². The summed E-state index contributed by atoms with van der Waals surface area (Å²) in [6, 6.07) is 3.87. The Kier molecular flexibility index (Phi) is 6.83. The number of ether oxygens (including phenoxy) is 1. The molecule has 31 heavy (non-hydrogen) atoms. The van der Waals surface area contributed by atoms with Crippen LogP contribution in [0.4, 0.5) is 19.0 Å². The van der Waals surface area contributed by atoms with Crippen molar-refractivity contribution < 1.29 is 27.5 Å². The molecule has 2 aromatic rings. The number of aromatic nitrogens is 2. The molecule has 2 aromatic heterocycles. The van der Waals surface area contributed by atoms with Crippen molar-refractivity contribution in [2.24, 2.45) is 5.41 Å². The van der Waals surface area contributed by atoms with Gasteiger partial charge in [-0.15, -0.1) is 0 Å². The molecule has 166 valence electrons. The molecule has 2 heterocycles. The number of halogens is 4. The molecule has 0 aliphatic heterocycles. The molecule has 0 unspecified atom stereocenters. The van der Waals surface area contributed by atoms with Gasteiger partial charge in [-0.2, -0.15) is 13.2 Å². The molecule has 1 amide bonds. The average molecular weight is 456 g/mol. The minimum atomic E-state index is -4.54. The van der Waals surface area contributed by atoms with Crippen LogP contribution in [0.3, 0.4) is 0 Å². The number of hydrogen-bond acceptors (Lipinski definition) is 5. The normalized spacial score (nSPS) is 14.7. The molecule has 1 aliphatic carbocycles. The minimum Gasteiger partial charge on any atom is -0.476 e. The third-order valence-corrected chi connectivity index (χ3v) is 5.24. The van der Waals surface area contributed by atoms with Crippen LogP contribution in [0.5, 0.6) is 5.88 Å². The van der Waals surface area contributed by atoms with Crippen LogP contribution in [0.2, 0.25) is 5.02 Å². The van der Waals surface area contributed by atoms with E-state index < -0.39 is 17.2 Å². The number of carbonyl (C=O) groups excluding carboxylic acids is 2. The molecule has 0 saturated heterocycles. The summed E-state index contributed by atoms with van der Waals surface area (Å²) in [5.41, 5.74) is -0.959. The smallest absolute Gasteiger partial charge is 0.417 e. The molecule has 1 fully saturated rings. The number of ketones is 1. The number of anilines is 1. The maximum Gasteiger partial charge on any atom is 0.417 e. The Labute approximate surface area is 182 Å². The van der Waals surface area contributed by atoms with Crippen molar-refractivity contribution in [3.8, 4) is 5.88 Å². The maximum atomic E-state index is 12.7. The SMILES string of the molecule is CCCC(=O)Nc1cc(C(=O)CC2(COc3ncc(C(F)(F)F)cc3Cl)CC2)ccn1. The lowest BCUT2D eigenvalue weighted by molar-refractivity contribution is -0.137. The Morgan fingerprint density at radius 1 is 1.26 bits per heavy atom. The van der Waals surface area contributed by atoms with Gasteiger partial charge in [-0.05, 0) is 37.5 Å². The molecule has 6 nitrogen and oxygen atoms in total. The lowest BCUT2D eigenvalue weighted by Crippen LogP contribution is -2.19. The van der Waals surface area contributed by atoms with Crippen molar-refractivity contribution >= 4 is 29.1 Å². The Bertz CT molecular complexity index is 978. The summed E-state index contributed by atoms with van der Waals surface area (Å²) in [6.07, 6.45) is 0.306. The monoisotopic (exact) mass is 455 g/mol. The quantitative estimate of drug-likeness (QED) is 0.517. The third-order valence-electron chi connectivity index (χ3n) is 4.97. The van der Waals surface area contributed by atoms with E-state index >= 15 is 0 Å². The highest BCUT2D eigenvalue weighted by Crippen LogP contribution is 2.50. The van der Waals surface area contributed by atoms with E-state index in [4.69, 9.17) is 16.3 Å². The summed E-state index contributed by atoms with van der Waals surface area (Å²) in [6.45, 7) is 2.00. The highest BCUT2D eigenvalue weighted by Gasteiger charge is 2.45. The van der Waals surface area contributed by atoms with Gasteiger partial charge in [0.15, 0.2) is 5.78 Å². The molecule has 0 bridgehead atoms. The standard InChI is InChI=1S/C21H21ClF3N3O3/c1-2-3-18(30)28-17-8-13(4-7-26-17)16(29)10-20(5-6-20)12-31-19-15(22)9-14(11-27-19)21(23,24)25/h4,7-9,11H,2-3,5-6,10,12H2,1H3,(H,26,28,30). The zero-order valence-corrected chi connectivity index (χ0v) is 17.5. The third kappa shape index (κ3) is 6.16. The molecular formula is C21H21ClF3N3O3. The summed E-state index contributed by atoms with van der Waals surface area (Å²) >= 11 is 5.87. The number of hydrogen-bond donors (Lipinski definition) is 1. The van der Waals surface area contributed by atoms with E-state index in [1.54, 1.807) is 6.07 Å². The number of rotatable bonds is 9. The van der Waals surface area contributed by atoms with Crippen molar-refractivity contribution in [1.82, 2.24) is 9.97 Å². The molecule has 1 saturated carbocycles. The Hall–Kier alpha value is -2.68. The maximum absolute atomic E-state index is 12.7. The average Bonchev–Trinajstić information content (AvgIpc) is 3.46. The van der Waals surface area contributed by atoms with Gasteiger partial charge in [0.05, 0.1) is 12.2 Å². The van der Waals surface area contributed by atoms with Gasteiger partial charge in [0.1, 0.15) is 10.8 Å². The molecule has 0 aromatic carbocycles. The summed E-state index contributed by atoms with van der Waals surface area (Å²) < 4.78 is 43.7. The van der Waals surface area contributed by atoms with Crippen LogP contribution in [0.15, 0.2) is 30.6 Å². The predicted octanol–water partition coefficient (Wildman–Crippen LogP) is 5.32. The second-order valence-corrected chi connectivity index (χ2v) is 8.03. The van der Waals surface area contributed by atoms with E-state index in [9.17, 15) is 22.8 Å². The number of amides is 1. The number of pyridine rings is 2. The molecule has 10 heteroatoms. The van der Waals surface area contributed by atoms with Crippen molar-refractivity contribution in [2.75, 3.05) is 11.9 Å². The predicted molar refractivity (Wildman–Crippen MR) is 108 cm³/mol. The van der Waals surface area contributed by atoms with Crippen LogP contribution in [0.1, 0.15) is 54.9 Å². The molecule has 0 atom stereocenters. The summed E-state index contributed by atoms with van der Waals surface area (Å²) in [5.74, 6) is -0.0992. The van der Waals surface area contributed by atoms with E-state index in [0.29, 0.717) is 30.4 Å². The van der Waals surface area contributed by atoms with Crippen LogP contribution in [-0.2, 0) is 11.0 Å². The van der Waals surface area contributed by atoms with E-state index in [2.05, 4.69) is 15.3 Å². The first-order valence-electron chi connectivity index (χ1n) is 9.76. The van der Waals surface area contributed by atoms with E-state index in [1.807, 2.05) is 6.92 Å². The van der Waals surface area contributed by atoms with Crippen LogP contribution < -0.4 is 10.1 Å². The first-order chi connectivity index (χ1) is 14.6. The number of Topliss-reactive ketones (excluding diaryl/α,β-unsaturated/α-hetero) is 1. The largest absolute Gasteiger partial charge is 0.476 e. The number of nitrogens with one attached hydrogen (secondary N) is 1. The topological polar surface area (TPSA) is 81.2 Å². The van der Waals surface area contributed by atoms with Crippen molar-refractivity contribution in [2.45, 2.75) is 45.2 Å². The molecular weight excluding hydrogens is 435 g/mol. The lowest BCUT2D eigenvalue weighted by atomic mass is 9.97. The first kappa shape index (κ1) is 23.0. The van der Waals surface area contributed by atoms with Gasteiger partial charge < -0.3 is 10.1 Å². The minimum absolute atomic E-state index is 0.0989. The molecule has 1 N–H and O–H groups in total. The highest BCUT2D eigenvalue weighted by molar-refractivity contribution is 6.31. The Balaban J connectivity index is 1.60. The molecule has 0 radical (unpaired) electrons. The Morgan fingerprint density at radius 2 is 2.00 bits per heavy atom. The Morgan fingerprint density at radius 3 is 2.61 bits per heavy atom. The van der Waals surface area contributed by atoms with E-state index in [0.717, 1.165) is 18.9 Å². The van der Waals surface area contributed by atoms with Gasteiger partial charge >= 0.3 is 6.18 Å². The second-order valence-electron chi connectivity index (χ2n) is 7.63. The zero-order valence-electron chi connectivity index (χ0n) is 16.8. The van der Waals surface area contributed by atoms with Gasteiger partial charge in [-0.3, -0.25) is 9.59 Å². The van der Waals surface area contributed by atoms with Crippen LogP contribution >= 0.6 is 11.6 Å². The van der Waals surface area contributed by atoms with Gasteiger partial charge in [-0.1, -0.05) is 18.5 Å². The highest BCUT2D eigenvalue weighted by atomic mass is 35.5. The number of nitrogens with zero attached hydrogens (tertiary/aromatic N) is 2. The summed E-state index contributed by atoms with van der Waals surface area (Å²) in [7, 11) is 0. The number of alkyl halides is 3. The van der Waals surface area contributed by atoms with Gasteiger partial charge in [0.25, 0.3) is 0 Å². The van der Waals surface area contributed by atoms with E-state index in [-0.39, 0.29) is 35.6 Å². The fraction of sp³-hybridized carbons (Fsp3) is 0.429. The fourth-order valence-corrected chi connectivity index (χ4v) is 3.23. The second kappa shape index (κ2) is 9.21. The van der Waals surface area contributed by atoms with Crippen molar-refractivity contribution in [3.63, 3.8) is 0 Å².